The molecule has 1 aromatic rings. The van der Waals surface area contributed by atoms with Crippen molar-refractivity contribution in [2.45, 2.75) is 26.7 Å². The van der Waals surface area contributed by atoms with Crippen molar-refractivity contribution in [1.82, 2.24) is 9.97 Å². The highest BCUT2D eigenvalue weighted by Gasteiger charge is 2.08. The van der Waals surface area contributed by atoms with E-state index in [1.807, 2.05) is 17.9 Å². The lowest BCUT2D eigenvalue weighted by Gasteiger charge is -2.21. The van der Waals surface area contributed by atoms with Gasteiger partial charge in [0.05, 0.1) is 6.61 Å². The number of nitrogens with zero attached hydrogens (tertiary/aromatic N) is 3. The number of likely N-dealkylation sites (N-methyl/N-ethyl adjacent to an activating group) is 1. The molecule has 0 saturated carbocycles. The number of aliphatic hydroxyl groups excluding tert-OH is 1. The standard InChI is InChI=1S/C11H19N3O/c1-4-14(5-6-15)11-7-10(9(2)3)12-8-13-11/h7-9,15H,4-6H2,1-3H3. The van der Waals surface area contributed by atoms with E-state index in [0.717, 1.165) is 18.1 Å². The predicted molar refractivity (Wildman–Crippen MR) is 61.1 cm³/mol. The Kier molecular flexibility index (Phi) is 4.49. The minimum absolute atomic E-state index is 0.148. The van der Waals surface area contributed by atoms with E-state index in [-0.39, 0.29) is 6.61 Å². The Hall–Kier alpha value is -1.16. The zero-order chi connectivity index (χ0) is 11.3. The van der Waals surface area contributed by atoms with E-state index in [2.05, 4.69) is 23.8 Å². The fraction of sp³-hybridized carbons (Fsp3) is 0.636. The van der Waals surface area contributed by atoms with Gasteiger partial charge in [0.1, 0.15) is 12.1 Å². The predicted octanol–water partition coefficient (Wildman–Crippen LogP) is 1.42. The Morgan fingerprint density at radius 3 is 2.67 bits per heavy atom. The Labute approximate surface area is 91.0 Å². The third-order valence-electron chi connectivity index (χ3n) is 2.34. The van der Waals surface area contributed by atoms with Crippen LogP contribution in [-0.4, -0.2) is 34.8 Å². The van der Waals surface area contributed by atoms with E-state index < -0.39 is 0 Å². The summed E-state index contributed by atoms with van der Waals surface area (Å²) in [5, 5.41) is 8.92. The van der Waals surface area contributed by atoms with Crippen LogP contribution in [0.4, 0.5) is 5.82 Å². The molecule has 0 saturated heterocycles. The molecule has 1 aromatic heterocycles. The van der Waals surface area contributed by atoms with Crippen molar-refractivity contribution in [3.05, 3.63) is 18.1 Å². The maximum absolute atomic E-state index is 8.92. The number of hydrogen-bond acceptors (Lipinski definition) is 4. The monoisotopic (exact) mass is 209 g/mol. The molecule has 0 unspecified atom stereocenters. The lowest BCUT2D eigenvalue weighted by atomic mass is 10.1. The van der Waals surface area contributed by atoms with Crippen molar-refractivity contribution in [2.24, 2.45) is 0 Å². The second kappa shape index (κ2) is 5.66. The van der Waals surface area contributed by atoms with Gasteiger partial charge >= 0.3 is 0 Å². The van der Waals surface area contributed by atoms with Gasteiger partial charge in [0, 0.05) is 24.8 Å². The second-order valence-electron chi connectivity index (χ2n) is 3.76. The molecule has 1 N–H and O–H groups in total. The molecule has 0 aliphatic carbocycles. The molecule has 0 aromatic carbocycles. The highest BCUT2D eigenvalue weighted by Crippen LogP contribution is 2.16. The van der Waals surface area contributed by atoms with Crippen LogP contribution >= 0.6 is 0 Å². The Bertz CT molecular complexity index is 302. The fourth-order valence-corrected chi connectivity index (χ4v) is 1.41. The van der Waals surface area contributed by atoms with E-state index in [1.54, 1.807) is 6.33 Å². The molecule has 1 heterocycles. The van der Waals surface area contributed by atoms with Gasteiger partial charge in [0.15, 0.2) is 0 Å². The zero-order valence-corrected chi connectivity index (χ0v) is 9.64. The molecule has 0 radical (unpaired) electrons. The van der Waals surface area contributed by atoms with Crippen LogP contribution in [0.2, 0.25) is 0 Å². The van der Waals surface area contributed by atoms with Crippen molar-refractivity contribution < 1.29 is 5.11 Å². The Balaban J connectivity index is 2.87. The molecule has 0 fully saturated rings. The van der Waals surface area contributed by atoms with E-state index in [9.17, 15) is 0 Å². The normalized spacial score (nSPS) is 10.7. The molecule has 4 heteroatoms. The molecule has 0 aliphatic heterocycles. The van der Waals surface area contributed by atoms with Gasteiger partial charge in [0.2, 0.25) is 0 Å². The van der Waals surface area contributed by atoms with Gasteiger partial charge in [-0.2, -0.15) is 0 Å². The maximum atomic E-state index is 8.92. The highest BCUT2D eigenvalue weighted by molar-refractivity contribution is 5.39. The first-order chi connectivity index (χ1) is 7.19. The summed E-state index contributed by atoms with van der Waals surface area (Å²) in [5.41, 5.74) is 1.04. The number of hydrogen-bond donors (Lipinski definition) is 1. The molecule has 0 amide bonds. The molecular weight excluding hydrogens is 190 g/mol. The quantitative estimate of drug-likeness (QED) is 0.796. The smallest absolute Gasteiger partial charge is 0.132 e. The second-order valence-corrected chi connectivity index (χ2v) is 3.76. The minimum atomic E-state index is 0.148. The van der Waals surface area contributed by atoms with Gasteiger partial charge in [-0.05, 0) is 12.8 Å². The van der Waals surface area contributed by atoms with Gasteiger partial charge in [-0.1, -0.05) is 13.8 Å². The lowest BCUT2D eigenvalue weighted by Crippen LogP contribution is -2.27. The van der Waals surface area contributed by atoms with Crippen molar-refractivity contribution >= 4 is 5.82 Å². The van der Waals surface area contributed by atoms with Crippen molar-refractivity contribution in [2.75, 3.05) is 24.6 Å². The summed E-state index contributed by atoms with van der Waals surface area (Å²) in [6.07, 6.45) is 1.59. The van der Waals surface area contributed by atoms with Gasteiger partial charge in [-0.3, -0.25) is 0 Å². The molecule has 0 spiro atoms. The minimum Gasteiger partial charge on any atom is -0.395 e. The fourth-order valence-electron chi connectivity index (χ4n) is 1.41. The first kappa shape index (κ1) is 11.9. The van der Waals surface area contributed by atoms with Crippen LogP contribution in [-0.2, 0) is 0 Å². The summed E-state index contributed by atoms with van der Waals surface area (Å²) >= 11 is 0. The van der Waals surface area contributed by atoms with E-state index in [0.29, 0.717) is 12.5 Å². The molecular formula is C11H19N3O. The largest absolute Gasteiger partial charge is 0.395 e. The zero-order valence-electron chi connectivity index (χ0n) is 9.64. The van der Waals surface area contributed by atoms with Crippen LogP contribution in [0.15, 0.2) is 12.4 Å². The number of aliphatic hydroxyl groups is 1. The third kappa shape index (κ3) is 3.16. The molecule has 84 valence electrons. The number of anilines is 1. The maximum Gasteiger partial charge on any atom is 0.132 e. The Morgan fingerprint density at radius 1 is 1.40 bits per heavy atom. The van der Waals surface area contributed by atoms with Crippen molar-refractivity contribution in [1.29, 1.82) is 0 Å². The van der Waals surface area contributed by atoms with Gasteiger partial charge in [-0.25, -0.2) is 9.97 Å². The summed E-state index contributed by atoms with van der Waals surface area (Å²) in [7, 11) is 0. The van der Waals surface area contributed by atoms with Crippen LogP contribution in [0.1, 0.15) is 32.4 Å². The van der Waals surface area contributed by atoms with Crippen LogP contribution in [0.25, 0.3) is 0 Å². The average Bonchev–Trinajstić information content (AvgIpc) is 2.26. The third-order valence-corrected chi connectivity index (χ3v) is 2.34. The summed E-state index contributed by atoms with van der Waals surface area (Å²) < 4.78 is 0. The molecule has 1 rings (SSSR count). The molecule has 0 aliphatic rings. The molecule has 0 atom stereocenters. The summed E-state index contributed by atoms with van der Waals surface area (Å²) in [6.45, 7) is 7.87. The lowest BCUT2D eigenvalue weighted by molar-refractivity contribution is 0.302. The number of rotatable bonds is 5. The van der Waals surface area contributed by atoms with Crippen LogP contribution in [0, 0.1) is 0 Å². The van der Waals surface area contributed by atoms with Crippen LogP contribution < -0.4 is 4.90 Å². The summed E-state index contributed by atoms with van der Waals surface area (Å²) in [6, 6.07) is 1.99. The molecule has 15 heavy (non-hydrogen) atoms. The highest BCUT2D eigenvalue weighted by atomic mass is 16.3. The van der Waals surface area contributed by atoms with E-state index >= 15 is 0 Å². The van der Waals surface area contributed by atoms with E-state index in [4.69, 9.17) is 5.11 Å². The van der Waals surface area contributed by atoms with Crippen LogP contribution in [0.3, 0.4) is 0 Å². The molecule has 4 nitrogen and oxygen atoms in total. The first-order valence-electron chi connectivity index (χ1n) is 5.36. The SMILES string of the molecule is CCN(CCO)c1cc(C(C)C)ncn1. The average molecular weight is 209 g/mol. The topological polar surface area (TPSA) is 49.2 Å². The van der Waals surface area contributed by atoms with Gasteiger partial charge < -0.3 is 10.0 Å². The van der Waals surface area contributed by atoms with E-state index in [1.165, 1.54) is 0 Å². The van der Waals surface area contributed by atoms with Crippen molar-refractivity contribution in [3.63, 3.8) is 0 Å². The summed E-state index contributed by atoms with van der Waals surface area (Å²) in [4.78, 5) is 10.5. The molecule has 0 bridgehead atoms. The van der Waals surface area contributed by atoms with Crippen molar-refractivity contribution in [3.8, 4) is 0 Å². The van der Waals surface area contributed by atoms with Gasteiger partial charge in [0.25, 0.3) is 0 Å². The first-order valence-corrected chi connectivity index (χ1v) is 5.36. The summed E-state index contributed by atoms with van der Waals surface area (Å²) in [5.74, 6) is 1.30. The van der Waals surface area contributed by atoms with Crippen LogP contribution in [0.5, 0.6) is 0 Å². The Morgan fingerprint density at radius 2 is 2.13 bits per heavy atom. The van der Waals surface area contributed by atoms with Gasteiger partial charge in [-0.15, -0.1) is 0 Å². The number of aromatic nitrogens is 2.